The van der Waals surface area contributed by atoms with Crippen molar-refractivity contribution in [2.75, 3.05) is 19.6 Å². The van der Waals surface area contributed by atoms with Crippen LogP contribution in [0.5, 0.6) is 0 Å². The zero-order valence-electron chi connectivity index (χ0n) is 15.5. The summed E-state index contributed by atoms with van der Waals surface area (Å²) in [5.74, 6) is 0.313. The van der Waals surface area contributed by atoms with E-state index in [1.54, 1.807) is 11.8 Å². The molecule has 1 saturated carbocycles. The molecule has 2 aliphatic rings. The Balaban J connectivity index is 1.51. The van der Waals surface area contributed by atoms with E-state index in [2.05, 4.69) is 0 Å². The van der Waals surface area contributed by atoms with Gasteiger partial charge in [-0.05, 0) is 44.1 Å². The predicted octanol–water partition coefficient (Wildman–Crippen LogP) is 2.37. The van der Waals surface area contributed by atoms with Crippen molar-refractivity contribution in [1.29, 1.82) is 0 Å². The Kier molecular flexibility index (Phi) is 6.14. The van der Waals surface area contributed by atoms with Crippen LogP contribution in [0.15, 0.2) is 30.3 Å². The van der Waals surface area contributed by atoms with Gasteiger partial charge in [-0.1, -0.05) is 30.3 Å². The zero-order valence-corrected chi connectivity index (χ0v) is 15.5. The molecule has 6 nitrogen and oxygen atoms in total. The van der Waals surface area contributed by atoms with E-state index in [0.717, 1.165) is 37.8 Å². The van der Waals surface area contributed by atoms with Crippen molar-refractivity contribution >= 4 is 12.0 Å². The van der Waals surface area contributed by atoms with Crippen molar-refractivity contribution in [1.82, 2.24) is 9.80 Å². The maximum atomic E-state index is 12.4. The number of carbonyl (C=O) groups excluding carboxylic acids is 2. The Morgan fingerprint density at radius 3 is 2.65 bits per heavy atom. The summed E-state index contributed by atoms with van der Waals surface area (Å²) in [7, 11) is 0. The van der Waals surface area contributed by atoms with Gasteiger partial charge in [-0.25, -0.2) is 4.79 Å². The normalized spacial score (nSPS) is 21.2. The molecule has 142 valence electrons. The van der Waals surface area contributed by atoms with Crippen molar-refractivity contribution in [3.63, 3.8) is 0 Å². The molecule has 1 saturated heterocycles. The molecule has 3 rings (SSSR count). The highest BCUT2D eigenvalue weighted by molar-refractivity contribution is 5.81. The molecule has 2 unspecified atom stereocenters. The van der Waals surface area contributed by atoms with Crippen LogP contribution in [-0.4, -0.2) is 53.5 Å². The van der Waals surface area contributed by atoms with Crippen LogP contribution in [-0.2, 0) is 16.1 Å². The molecule has 2 amide bonds. The van der Waals surface area contributed by atoms with Gasteiger partial charge >= 0.3 is 6.09 Å². The fourth-order valence-corrected chi connectivity index (χ4v) is 3.54. The van der Waals surface area contributed by atoms with Crippen LogP contribution >= 0.6 is 0 Å². The average molecular weight is 359 g/mol. The molecule has 1 aliphatic carbocycles. The van der Waals surface area contributed by atoms with Crippen LogP contribution in [0, 0.1) is 5.92 Å². The second kappa shape index (κ2) is 8.54. The Bertz CT molecular complexity index is 616. The molecule has 6 heteroatoms. The number of carbonyl (C=O) groups is 2. The maximum Gasteiger partial charge on any atom is 0.410 e. The quantitative estimate of drug-likeness (QED) is 0.846. The zero-order chi connectivity index (χ0) is 18.5. The summed E-state index contributed by atoms with van der Waals surface area (Å²) in [4.78, 5) is 28.5. The second-order valence-electron chi connectivity index (χ2n) is 7.50. The first kappa shape index (κ1) is 18.7. The first-order valence-corrected chi connectivity index (χ1v) is 9.56. The lowest BCUT2D eigenvalue weighted by atomic mass is 9.97. The maximum absolute atomic E-state index is 12.4. The van der Waals surface area contributed by atoms with Crippen molar-refractivity contribution in [2.45, 2.75) is 51.3 Å². The van der Waals surface area contributed by atoms with Crippen molar-refractivity contribution in [2.24, 2.45) is 11.7 Å². The number of benzene rings is 1. The second-order valence-corrected chi connectivity index (χ2v) is 7.50. The van der Waals surface area contributed by atoms with E-state index < -0.39 is 6.04 Å². The lowest BCUT2D eigenvalue weighted by Crippen LogP contribution is -2.49. The fraction of sp³-hybridized carbons (Fsp3) is 0.600. The Hall–Kier alpha value is -2.08. The van der Waals surface area contributed by atoms with E-state index in [1.165, 1.54) is 0 Å². The molecule has 1 aliphatic heterocycles. The minimum atomic E-state index is -0.467. The van der Waals surface area contributed by atoms with Crippen LogP contribution in [0.2, 0.25) is 0 Å². The molecule has 2 atom stereocenters. The summed E-state index contributed by atoms with van der Waals surface area (Å²) in [5, 5.41) is 0. The standard InChI is InChI=1S/C20H29N3O3/c1-15(21)19(24)23(18-9-10-18)13-17-8-5-11-22(12-17)20(25)26-14-16-6-3-2-4-7-16/h2-4,6-7,15,17-18H,5,8-14,21H2,1H3. The smallest absolute Gasteiger partial charge is 0.410 e. The molecule has 2 N–H and O–H groups in total. The number of likely N-dealkylation sites (tertiary alicyclic amines) is 1. The number of hydrogen-bond acceptors (Lipinski definition) is 4. The fourth-order valence-electron chi connectivity index (χ4n) is 3.54. The molecular formula is C20H29N3O3. The van der Waals surface area contributed by atoms with Gasteiger partial charge in [0.1, 0.15) is 6.61 Å². The Morgan fingerprint density at radius 2 is 2.00 bits per heavy atom. The molecule has 0 bridgehead atoms. The summed E-state index contributed by atoms with van der Waals surface area (Å²) < 4.78 is 5.45. The molecule has 0 aromatic heterocycles. The van der Waals surface area contributed by atoms with Crippen molar-refractivity contribution in [3.8, 4) is 0 Å². The monoisotopic (exact) mass is 359 g/mol. The van der Waals surface area contributed by atoms with Gasteiger partial charge in [-0.2, -0.15) is 0 Å². The van der Waals surface area contributed by atoms with Crippen molar-refractivity contribution in [3.05, 3.63) is 35.9 Å². The molecular weight excluding hydrogens is 330 g/mol. The third kappa shape index (κ3) is 4.97. The highest BCUT2D eigenvalue weighted by Gasteiger charge is 2.36. The summed E-state index contributed by atoms with van der Waals surface area (Å²) >= 11 is 0. The van der Waals surface area contributed by atoms with Crippen LogP contribution < -0.4 is 5.73 Å². The van der Waals surface area contributed by atoms with Crippen LogP contribution in [0.3, 0.4) is 0 Å². The van der Waals surface area contributed by atoms with Gasteiger partial charge in [0.2, 0.25) is 5.91 Å². The molecule has 0 radical (unpaired) electrons. The number of ether oxygens (including phenoxy) is 1. The lowest BCUT2D eigenvalue weighted by Gasteiger charge is -2.35. The Labute approximate surface area is 155 Å². The molecule has 1 aromatic carbocycles. The van der Waals surface area contributed by atoms with Crippen LogP contribution in [0.1, 0.15) is 38.2 Å². The van der Waals surface area contributed by atoms with E-state index in [9.17, 15) is 9.59 Å². The summed E-state index contributed by atoms with van der Waals surface area (Å²) in [5.41, 5.74) is 6.79. The van der Waals surface area contributed by atoms with Gasteiger partial charge in [-0.15, -0.1) is 0 Å². The molecule has 26 heavy (non-hydrogen) atoms. The van der Waals surface area contributed by atoms with Gasteiger partial charge < -0.3 is 20.3 Å². The highest BCUT2D eigenvalue weighted by atomic mass is 16.6. The van der Waals surface area contributed by atoms with E-state index in [4.69, 9.17) is 10.5 Å². The van der Waals surface area contributed by atoms with E-state index >= 15 is 0 Å². The first-order chi connectivity index (χ1) is 12.5. The Morgan fingerprint density at radius 1 is 1.27 bits per heavy atom. The van der Waals surface area contributed by atoms with Gasteiger partial charge in [0.05, 0.1) is 6.04 Å². The number of amides is 2. The van der Waals surface area contributed by atoms with E-state index in [0.29, 0.717) is 19.1 Å². The van der Waals surface area contributed by atoms with Crippen LogP contribution in [0.4, 0.5) is 4.79 Å². The third-order valence-electron chi connectivity index (χ3n) is 5.10. The van der Waals surface area contributed by atoms with Gasteiger partial charge in [0.25, 0.3) is 0 Å². The summed E-state index contributed by atoms with van der Waals surface area (Å²) in [6.45, 7) is 4.08. The third-order valence-corrected chi connectivity index (χ3v) is 5.10. The molecule has 0 spiro atoms. The number of nitrogens with two attached hydrogens (primary N) is 1. The number of hydrogen-bond donors (Lipinski definition) is 1. The number of piperidine rings is 1. The van der Waals surface area contributed by atoms with E-state index in [-0.39, 0.29) is 24.5 Å². The average Bonchev–Trinajstić information content (AvgIpc) is 3.49. The SMILES string of the molecule is CC(N)C(=O)N(CC1CCCN(C(=O)OCc2ccccc2)C1)C1CC1. The highest BCUT2D eigenvalue weighted by Crippen LogP contribution is 2.30. The summed E-state index contributed by atoms with van der Waals surface area (Å²) in [6, 6.07) is 9.57. The van der Waals surface area contributed by atoms with Gasteiger partial charge in [0, 0.05) is 25.7 Å². The van der Waals surface area contributed by atoms with Gasteiger partial charge in [0.15, 0.2) is 0 Å². The lowest BCUT2D eigenvalue weighted by molar-refractivity contribution is -0.133. The molecule has 1 heterocycles. The summed E-state index contributed by atoms with van der Waals surface area (Å²) in [6.07, 6.45) is 3.82. The topological polar surface area (TPSA) is 75.9 Å². The predicted molar refractivity (Wildman–Crippen MR) is 99.3 cm³/mol. The number of rotatable bonds is 6. The number of nitrogens with zero attached hydrogens (tertiary/aromatic N) is 2. The minimum absolute atomic E-state index is 0.0243. The molecule has 2 fully saturated rings. The van der Waals surface area contributed by atoms with Crippen molar-refractivity contribution < 1.29 is 14.3 Å². The van der Waals surface area contributed by atoms with Gasteiger partial charge in [-0.3, -0.25) is 4.79 Å². The minimum Gasteiger partial charge on any atom is -0.445 e. The van der Waals surface area contributed by atoms with E-state index in [1.807, 2.05) is 35.2 Å². The largest absolute Gasteiger partial charge is 0.445 e. The molecule has 1 aromatic rings. The van der Waals surface area contributed by atoms with Crippen LogP contribution in [0.25, 0.3) is 0 Å². The first-order valence-electron chi connectivity index (χ1n) is 9.56.